The molecule has 6 heteroatoms. The summed E-state index contributed by atoms with van der Waals surface area (Å²) in [7, 11) is 0. The van der Waals surface area contributed by atoms with Crippen molar-refractivity contribution >= 4 is 81.8 Å². The highest BCUT2D eigenvalue weighted by Gasteiger charge is 2.22. The van der Waals surface area contributed by atoms with E-state index in [2.05, 4.69) is 148 Å². The Kier molecular flexibility index (Phi) is 7.02. The zero-order valence-corrected chi connectivity index (χ0v) is 33.7. The second-order valence-corrected chi connectivity index (χ2v) is 16.3. The molecule has 0 bridgehead atoms. The zero-order valence-electron chi connectivity index (χ0n) is 33.7. The number of fused-ring (bicyclic) bond motifs is 12. The second-order valence-electron chi connectivity index (χ2n) is 16.3. The molecule has 292 valence electrons. The van der Waals surface area contributed by atoms with Crippen LogP contribution < -0.4 is 0 Å². The van der Waals surface area contributed by atoms with Gasteiger partial charge in [-0.15, -0.1) is 0 Å². The lowest BCUT2D eigenvalue weighted by molar-refractivity contribution is 0.669. The quantitative estimate of drug-likeness (QED) is 0.174. The van der Waals surface area contributed by atoms with E-state index in [0.717, 1.165) is 66.5 Å². The molecule has 0 saturated heterocycles. The van der Waals surface area contributed by atoms with Crippen molar-refractivity contribution in [1.29, 1.82) is 0 Å². The van der Waals surface area contributed by atoms with Gasteiger partial charge in [-0.2, -0.15) is 0 Å². The first kappa shape index (κ1) is 34.1. The molecular weight excluding hydrogens is 771 g/mol. The average Bonchev–Trinajstić information content (AvgIpc) is 4.10. The van der Waals surface area contributed by atoms with E-state index in [9.17, 15) is 0 Å². The van der Waals surface area contributed by atoms with Gasteiger partial charge in [0.05, 0.1) is 33.1 Å². The van der Waals surface area contributed by atoms with Crippen LogP contribution in [0.1, 0.15) is 0 Å². The fourth-order valence-electron chi connectivity index (χ4n) is 10.2. The van der Waals surface area contributed by atoms with Crippen LogP contribution in [-0.4, -0.2) is 23.9 Å². The summed E-state index contributed by atoms with van der Waals surface area (Å²) in [6, 6.07) is 70.8. The van der Waals surface area contributed by atoms with Gasteiger partial charge < -0.3 is 13.4 Å². The summed E-state index contributed by atoms with van der Waals surface area (Å²) in [5.41, 5.74) is 13.6. The molecule has 0 unspecified atom stereocenters. The molecule has 6 nitrogen and oxygen atoms in total. The van der Waals surface area contributed by atoms with Gasteiger partial charge in [-0.1, -0.05) is 152 Å². The van der Waals surface area contributed by atoms with Crippen LogP contribution in [0.4, 0.5) is 0 Å². The molecule has 5 heterocycles. The predicted molar refractivity (Wildman–Crippen MR) is 258 cm³/mol. The third kappa shape index (κ3) is 4.91. The maximum absolute atomic E-state index is 6.48. The van der Waals surface area contributed by atoms with Crippen LogP contribution in [0.25, 0.3) is 133 Å². The monoisotopic (exact) mass is 803 g/mol. The van der Waals surface area contributed by atoms with Gasteiger partial charge in [0.2, 0.25) is 0 Å². The van der Waals surface area contributed by atoms with Crippen molar-refractivity contribution in [2.75, 3.05) is 0 Å². The third-order valence-electron chi connectivity index (χ3n) is 12.9. The third-order valence-corrected chi connectivity index (χ3v) is 12.9. The summed E-state index contributed by atoms with van der Waals surface area (Å²) in [6.07, 6.45) is 0. The number of hydrogen-bond donors (Lipinski definition) is 0. The summed E-state index contributed by atoms with van der Waals surface area (Å²) in [5.74, 6) is 1.75. The minimum absolute atomic E-state index is 0.560. The van der Waals surface area contributed by atoms with Gasteiger partial charge in [0, 0.05) is 59.9 Å². The Bertz CT molecular complexity index is 4160. The van der Waals surface area contributed by atoms with Crippen molar-refractivity contribution in [3.8, 4) is 51.0 Å². The van der Waals surface area contributed by atoms with Crippen LogP contribution in [-0.2, 0) is 0 Å². The van der Waals surface area contributed by atoms with E-state index in [1.54, 1.807) is 0 Å². The summed E-state index contributed by atoms with van der Waals surface area (Å²) in [6.45, 7) is 0. The number of furan rings is 1. The van der Waals surface area contributed by atoms with Crippen molar-refractivity contribution in [3.05, 3.63) is 200 Å². The Morgan fingerprint density at radius 3 is 1.81 bits per heavy atom. The van der Waals surface area contributed by atoms with E-state index in [4.69, 9.17) is 19.4 Å². The van der Waals surface area contributed by atoms with Crippen molar-refractivity contribution in [3.63, 3.8) is 0 Å². The molecule has 0 aliphatic carbocycles. The molecule has 0 radical (unpaired) electrons. The van der Waals surface area contributed by atoms with Crippen LogP contribution in [0.5, 0.6) is 0 Å². The summed E-state index contributed by atoms with van der Waals surface area (Å²) in [4.78, 5) is 15.4. The highest BCUT2D eigenvalue weighted by Crippen LogP contribution is 2.43. The molecule has 0 fully saturated rings. The Morgan fingerprint density at radius 2 is 0.937 bits per heavy atom. The minimum atomic E-state index is 0.560. The van der Waals surface area contributed by atoms with Gasteiger partial charge in [-0.25, -0.2) is 15.0 Å². The highest BCUT2D eigenvalue weighted by molar-refractivity contribution is 6.23. The lowest BCUT2D eigenvalue weighted by Crippen LogP contribution is -2.00. The summed E-state index contributed by atoms with van der Waals surface area (Å²) < 4.78 is 11.4. The molecule has 63 heavy (non-hydrogen) atoms. The van der Waals surface area contributed by atoms with Gasteiger partial charge in [0.1, 0.15) is 11.2 Å². The fourth-order valence-corrected chi connectivity index (χ4v) is 10.2. The van der Waals surface area contributed by atoms with Crippen LogP contribution in [0.3, 0.4) is 0 Å². The molecule has 0 atom stereocenters. The van der Waals surface area contributed by atoms with Crippen LogP contribution in [0.2, 0.25) is 0 Å². The van der Waals surface area contributed by atoms with Gasteiger partial charge in [0.15, 0.2) is 17.5 Å². The van der Waals surface area contributed by atoms with E-state index in [0.29, 0.717) is 17.5 Å². The first-order valence-electron chi connectivity index (χ1n) is 21.3. The molecule has 14 aromatic rings. The minimum Gasteiger partial charge on any atom is -0.455 e. The molecular formula is C57H33N5O. The van der Waals surface area contributed by atoms with E-state index in [1.165, 1.54) is 48.9 Å². The standard InChI is InChI=1S/C57H33N5O/c1-2-14-34(15-3-1)55-58-56(60-57(59-55)46-25-12-24-44-41-19-6-9-29-51(41)63-54(44)46)36-17-10-16-35(32-36)38-21-13-28-49-52(38)45-20-5-8-27-48(45)61(49)37-30-31-40-43-23-11-22-42-39-18-4-7-26-47(39)62(53(42)43)50(40)33-37/h1-33H. The molecule has 0 N–H and O–H groups in total. The van der Waals surface area contributed by atoms with Crippen molar-refractivity contribution < 1.29 is 4.42 Å². The number of nitrogens with zero attached hydrogens (tertiary/aromatic N) is 5. The molecule has 0 spiro atoms. The largest absolute Gasteiger partial charge is 0.455 e. The number of para-hydroxylation sites is 5. The topological polar surface area (TPSA) is 61.2 Å². The van der Waals surface area contributed by atoms with Gasteiger partial charge in [0.25, 0.3) is 0 Å². The fraction of sp³-hybridized carbons (Fsp3) is 0. The number of aromatic nitrogens is 5. The van der Waals surface area contributed by atoms with E-state index in [-0.39, 0.29) is 0 Å². The van der Waals surface area contributed by atoms with Crippen LogP contribution in [0, 0.1) is 0 Å². The summed E-state index contributed by atoms with van der Waals surface area (Å²) in [5, 5.41) is 9.59. The molecule has 0 aliphatic heterocycles. The first-order valence-corrected chi connectivity index (χ1v) is 21.3. The van der Waals surface area contributed by atoms with Crippen molar-refractivity contribution in [2.24, 2.45) is 0 Å². The molecule has 0 aliphatic rings. The van der Waals surface area contributed by atoms with Crippen LogP contribution >= 0.6 is 0 Å². The number of benzene rings is 9. The Labute approximate surface area is 359 Å². The maximum Gasteiger partial charge on any atom is 0.167 e. The predicted octanol–water partition coefficient (Wildman–Crippen LogP) is 14.7. The molecule has 0 saturated carbocycles. The maximum atomic E-state index is 6.48. The van der Waals surface area contributed by atoms with Crippen molar-refractivity contribution in [2.45, 2.75) is 0 Å². The Morgan fingerprint density at radius 1 is 0.349 bits per heavy atom. The highest BCUT2D eigenvalue weighted by atomic mass is 16.3. The van der Waals surface area contributed by atoms with Gasteiger partial charge in [-0.05, 0) is 59.7 Å². The van der Waals surface area contributed by atoms with E-state index in [1.807, 2.05) is 60.7 Å². The van der Waals surface area contributed by atoms with Crippen molar-refractivity contribution in [1.82, 2.24) is 23.9 Å². The molecule has 5 aromatic heterocycles. The summed E-state index contributed by atoms with van der Waals surface area (Å²) >= 11 is 0. The number of hydrogen-bond acceptors (Lipinski definition) is 4. The van der Waals surface area contributed by atoms with Gasteiger partial charge >= 0.3 is 0 Å². The van der Waals surface area contributed by atoms with E-state index < -0.39 is 0 Å². The Hall–Kier alpha value is -8.61. The smallest absolute Gasteiger partial charge is 0.167 e. The zero-order chi connectivity index (χ0) is 41.2. The molecule has 0 amide bonds. The second kappa shape index (κ2) is 12.9. The molecule has 14 rings (SSSR count). The Balaban J connectivity index is 0.956. The molecule has 9 aromatic carbocycles. The van der Waals surface area contributed by atoms with Gasteiger partial charge in [-0.3, -0.25) is 0 Å². The SMILES string of the molecule is c1ccc(-c2nc(-c3cccc(-c4cccc5c4c4ccccc4n5-c4ccc5c6cccc7c8ccccc8n(c5c4)c76)c3)nc(-c3cccc4c3oc3ccccc34)n2)cc1. The van der Waals surface area contributed by atoms with E-state index >= 15 is 0 Å². The first-order chi connectivity index (χ1) is 31.2. The van der Waals surface area contributed by atoms with Crippen LogP contribution in [0.15, 0.2) is 205 Å². The lowest BCUT2D eigenvalue weighted by atomic mass is 9.97. The number of rotatable bonds is 5. The normalized spacial score (nSPS) is 12.1. The average molecular weight is 804 g/mol. The lowest BCUT2D eigenvalue weighted by Gasteiger charge is -2.11.